The third-order valence-corrected chi connectivity index (χ3v) is 5.20. The van der Waals surface area contributed by atoms with E-state index in [9.17, 15) is 22.0 Å². The Balaban J connectivity index is 1.83. The molecule has 0 fully saturated rings. The summed E-state index contributed by atoms with van der Waals surface area (Å²) in [7, 11) is -3.69. The maximum atomic E-state index is 13.2. The molecule has 1 aromatic heterocycles. The molecular formula is C18H13F2NO4S. The van der Waals surface area contributed by atoms with Crippen molar-refractivity contribution in [2.45, 2.75) is 10.6 Å². The van der Waals surface area contributed by atoms with E-state index in [0.717, 1.165) is 12.1 Å². The summed E-state index contributed by atoms with van der Waals surface area (Å²) in [5, 5.41) is 2.28. The molecule has 8 heteroatoms. The molecule has 0 unspecified atom stereocenters. The van der Waals surface area contributed by atoms with Crippen LogP contribution in [0.4, 0.5) is 14.5 Å². The summed E-state index contributed by atoms with van der Waals surface area (Å²) in [5.74, 6) is -3.21. The number of sulfone groups is 1. The van der Waals surface area contributed by atoms with Crippen LogP contribution in [0.25, 0.3) is 0 Å². The smallest absolute Gasteiger partial charge is 0.291 e. The van der Waals surface area contributed by atoms with Crippen molar-refractivity contribution in [1.82, 2.24) is 0 Å². The van der Waals surface area contributed by atoms with Crippen LogP contribution in [-0.2, 0) is 15.6 Å². The molecule has 3 rings (SSSR count). The minimum Gasteiger partial charge on any atom is -0.459 e. The van der Waals surface area contributed by atoms with Gasteiger partial charge in [-0.25, -0.2) is 17.2 Å². The lowest BCUT2D eigenvalue weighted by molar-refractivity contribution is 0.0996. The van der Waals surface area contributed by atoms with Gasteiger partial charge >= 0.3 is 0 Å². The van der Waals surface area contributed by atoms with Crippen LogP contribution in [0, 0.1) is 11.6 Å². The lowest BCUT2D eigenvalue weighted by Crippen LogP contribution is -2.15. The normalized spacial score (nSPS) is 11.3. The number of furan rings is 1. The fourth-order valence-electron chi connectivity index (χ4n) is 2.38. The van der Waals surface area contributed by atoms with Gasteiger partial charge in [0.25, 0.3) is 5.91 Å². The molecule has 0 atom stereocenters. The van der Waals surface area contributed by atoms with Gasteiger partial charge in [-0.1, -0.05) is 18.2 Å². The number of amides is 1. The summed E-state index contributed by atoms with van der Waals surface area (Å²) in [6.07, 6.45) is 1.18. The van der Waals surface area contributed by atoms with E-state index >= 15 is 0 Å². The summed E-state index contributed by atoms with van der Waals surface area (Å²) in [6, 6.07) is 11.7. The van der Waals surface area contributed by atoms with Crippen molar-refractivity contribution in [1.29, 1.82) is 0 Å². The van der Waals surface area contributed by atoms with Crippen LogP contribution < -0.4 is 5.32 Å². The molecule has 5 nitrogen and oxygen atoms in total. The Morgan fingerprint density at radius 3 is 2.31 bits per heavy atom. The van der Waals surface area contributed by atoms with Gasteiger partial charge in [-0.05, 0) is 30.3 Å². The van der Waals surface area contributed by atoms with Gasteiger partial charge in [0.15, 0.2) is 15.6 Å². The molecule has 0 spiro atoms. The number of halogens is 2. The molecule has 0 aliphatic heterocycles. The minimum atomic E-state index is -3.69. The van der Waals surface area contributed by atoms with E-state index in [0.29, 0.717) is 6.07 Å². The molecule has 0 saturated carbocycles. The van der Waals surface area contributed by atoms with Crippen molar-refractivity contribution in [3.05, 3.63) is 83.8 Å². The number of anilines is 1. The van der Waals surface area contributed by atoms with Crippen molar-refractivity contribution in [2.24, 2.45) is 0 Å². The van der Waals surface area contributed by atoms with Crippen molar-refractivity contribution < 1.29 is 26.4 Å². The molecule has 0 aliphatic rings. The number of carbonyl (C=O) groups excluding carboxylic acids is 1. The fraction of sp³-hybridized carbons (Fsp3) is 0.0556. The highest BCUT2D eigenvalue weighted by Crippen LogP contribution is 2.21. The van der Waals surface area contributed by atoms with Crippen LogP contribution in [0.3, 0.4) is 0 Å². The predicted molar refractivity (Wildman–Crippen MR) is 90.4 cm³/mol. The predicted octanol–water partition coefficient (Wildman–Crippen LogP) is 3.78. The van der Waals surface area contributed by atoms with E-state index < -0.39 is 33.1 Å². The standard InChI is InChI=1S/C18H13F2NO4S/c19-13-8-14(20)10-15(9-13)21-18(22)17-12(6-7-25-17)11-26(23,24)16-4-2-1-3-5-16/h1-10H,11H2,(H,21,22). The van der Waals surface area contributed by atoms with Gasteiger partial charge in [0.1, 0.15) is 11.6 Å². The fourth-order valence-corrected chi connectivity index (χ4v) is 3.75. The molecule has 0 aliphatic carbocycles. The van der Waals surface area contributed by atoms with Gasteiger partial charge in [0.2, 0.25) is 0 Å². The minimum absolute atomic E-state index is 0.110. The summed E-state index contributed by atoms with van der Waals surface area (Å²) in [6.45, 7) is 0. The highest BCUT2D eigenvalue weighted by atomic mass is 32.2. The second kappa shape index (κ2) is 7.09. The molecular weight excluding hydrogens is 364 g/mol. The number of rotatable bonds is 5. The van der Waals surface area contributed by atoms with Gasteiger partial charge in [0.05, 0.1) is 16.9 Å². The molecule has 0 radical (unpaired) electrons. The van der Waals surface area contributed by atoms with Gasteiger partial charge in [-0.2, -0.15) is 0 Å². The summed E-state index contributed by atoms with van der Waals surface area (Å²) >= 11 is 0. The molecule has 0 bridgehead atoms. The maximum Gasteiger partial charge on any atom is 0.291 e. The molecule has 1 heterocycles. The van der Waals surface area contributed by atoms with Gasteiger partial charge < -0.3 is 9.73 Å². The number of carbonyl (C=O) groups is 1. The topological polar surface area (TPSA) is 76.4 Å². The first-order valence-corrected chi connectivity index (χ1v) is 9.12. The van der Waals surface area contributed by atoms with E-state index in [2.05, 4.69) is 5.32 Å². The SMILES string of the molecule is O=C(Nc1cc(F)cc(F)c1)c1occc1CS(=O)(=O)c1ccccc1. The monoisotopic (exact) mass is 377 g/mol. The van der Waals surface area contributed by atoms with Crippen molar-refractivity contribution in [3.63, 3.8) is 0 Å². The van der Waals surface area contributed by atoms with E-state index in [1.807, 2.05) is 0 Å². The second-order valence-electron chi connectivity index (χ2n) is 5.46. The zero-order valence-corrected chi connectivity index (χ0v) is 14.1. The van der Waals surface area contributed by atoms with Crippen LogP contribution in [0.2, 0.25) is 0 Å². The van der Waals surface area contributed by atoms with Gasteiger partial charge in [-0.3, -0.25) is 4.79 Å². The van der Waals surface area contributed by atoms with E-state index in [4.69, 9.17) is 4.42 Å². The molecule has 0 saturated heterocycles. The summed E-state index contributed by atoms with van der Waals surface area (Å²) in [4.78, 5) is 12.4. The van der Waals surface area contributed by atoms with E-state index in [-0.39, 0.29) is 21.9 Å². The number of hydrogen-bond acceptors (Lipinski definition) is 4. The van der Waals surface area contributed by atoms with Gasteiger partial charge in [-0.15, -0.1) is 0 Å². The zero-order valence-electron chi connectivity index (χ0n) is 13.3. The van der Waals surface area contributed by atoms with Crippen LogP contribution in [-0.4, -0.2) is 14.3 Å². The third-order valence-electron chi connectivity index (χ3n) is 3.52. The third kappa shape index (κ3) is 3.97. The molecule has 3 aromatic rings. The zero-order chi connectivity index (χ0) is 18.7. The Morgan fingerprint density at radius 2 is 1.65 bits per heavy atom. The van der Waals surface area contributed by atoms with E-state index in [1.165, 1.54) is 24.5 Å². The number of benzene rings is 2. The lowest BCUT2D eigenvalue weighted by Gasteiger charge is -2.07. The molecule has 1 N–H and O–H groups in total. The number of hydrogen-bond donors (Lipinski definition) is 1. The molecule has 2 aromatic carbocycles. The first kappa shape index (κ1) is 17.8. The Kier molecular flexibility index (Phi) is 4.85. The molecule has 134 valence electrons. The van der Waals surface area contributed by atoms with Crippen LogP contribution in [0.1, 0.15) is 16.1 Å². The molecule has 26 heavy (non-hydrogen) atoms. The second-order valence-corrected chi connectivity index (χ2v) is 7.45. The largest absolute Gasteiger partial charge is 0.459 e. The van der Waals surface area contributed by atoms with Crippen molar-refractivity contribution >= 4 is 21.4 Å². The highest BCUT2D eigenvalue weighted by molar-refractivity contribution is 7.90. The van der Waals surface area contributed by atoms with Crippen LogP contribution in [0.5, 0.6) is 0 Å². The first-order valence-electron chi connectivity index (χ1n) is 7.47. The quantitative estimate of drug-likeness (QED) is 0.734. The van der Waals surface area contributed by atoms with Crippen molar-refractivity contribution in [2.75, 3.05) is 5.32 Å². The Bertz CT molecular complexity index is 1030. The lowest BCUT2D eigenvalue weighted by atomic mass is 10.2. The van der Waals surface area contributed by atoms with E-state index in [1.54, 1.807) is 18.2 Å². The van der Waals surface area contributed by atoms with Crippen LogP contribution in [0.15, 0.2) is 70.2 Å². The Labute approximate surface area is 148 Å². The van der Waals surface area contributed by atoms with Crippen molar-refractivity contribution in [3.8, 4) is 0 Å². The Morgan fingerprint density at radius 1 is 1.00 bits per heavy atom. The summed E-state index contributed by atoms with van der Waals surface area (Å²) in [5.41, 5.74) is 0.0315. The highest BCUT2D eigenvalue weighted by Gasteiger charge is 2.22. The summed E-state index contributed by atoms with van der Waals surface area (Å²) < 4.78 is 56.4. The maximum absolute atomic E-state index is 13.2. The average molecular weight is 377 g/mol. The number of nitrogens with one attached hydrogen (secondary N) is 1. The first-order chi connectivity index (χ1) is 12.3. The Hall–Kier alpha value is -3.00. The molecule has 1 amide bonds. The van der Waals surface area contributed by atoms with Gasteiger partial charge in [0, 0.05) is 17.3 Å². The van der Waals surface area contributed by atoms with Crippen LogP contribution >= 0.6 is 0 Å². The average Bonchev–Trinajstić information content (AvgIpc) is 3.02.